The van der Waals surface area contributed by atoms with Crippen molar-refractivity contribution < 1.29 is 19.0 Å². The average Bonchev–Trinajstić information content (AvgIpc) is 3.46. The van der Waals surface area contributed by atoms with Crippen molar-refractivity contribution in [3.63, 3.8) is 0 Å². The van der Waals surface area contributed by atoms with Gasteiger partial charge in [0, 0.05) is 23.1 Å². The van der Waals surface area contributed by atoms with Gasteiger partial charge >= 0.3 is 0 Å². The van der Waals surface area contributed by atoms with E-state index in [0.717, 1.165) is 46.4 Å². The number of likely N-dealkylation sites (tertiary alicyclic amines) is 1. The number of thiazole rings is 1. The van der Waals surface area contributed by atoms with E-state index >= 15 is 0 Å². The van der Waals surface area contributed by atoms with E-state index < -0.39 is 0 Å². The number of benzene rings is 2. The zero-order valence-corrected chi connectivity index (χ0v) is 18.8. The van der Waals surface area contributed by atoms with Crippen molar-refractivity contribution in [1.82, 2.24) is 9.88 Å². The summed E-state index contributed by atoms with van der Waals surface area (Å²) in [4.78, 5) is 19.6. The maximum atomic E-state index is 13.3. The molecule has 0 N–H and O–H groups in total. The molecule has 0 saturated carbocycles. The van der Waals surface area contributed by atoms with E-state index in [9.17, 15) is 4.79 Å². The Kier molecular flexibility index (Phi) is 6.42. The van der Waals surface area contributed by atoms with E-state index in [-0.39, 0.29) is 11.9 Å². The highest BCUT2D eigenvalue weighted by Crippen LogP contribution is 2.39. The first-order chi connectivity index (χ1) is 15.1. The lowest BCUT2D eigenvalue weighted by atomic mass is 10.0. The van der Waals surface area contributed by atoms with Crippen molar-refractivity contribution in [2.75, 3.05) is 20.8 Å². The van der Waals surface area contributed by atoms with Crippen molar-refractivity contribution in [1.29, 1.82) is 0 Å². The number of hydrogen-bond donors (Lipinski definition) is 0. The highest BCUT2D eigenvalue weighted by molar-refractivity contribution is 7.09. The zero-order valence-electron chi connectivity index (χ0n) is 18.0. The highest BCUT2D eigenvalue weighted by Gasteiger charge is 2.32. The summed E-state index contributed by atoms with van der Waals surface area (Å²) < 4.78 is 16.7. The number of hydrogen-bond acceptors (Lipinski definition) is 6. The molecule has 0 radical (unpaired) electrons. The molecule has 1 atom stereocenters. The lowest BCUT2D eigenvalue weighted by Crippen LogP contribution is -2.30. The van der Waals surface area contributed by atoms with Crippen LogP contribution < -0.4 is 14.2 Å². The van der Waals surface area contributed by atoms with E-state index in [1.807, 2.05) is 59.7 Å². The first-order valence-electron chi connectivity index (χ1n) is 10.3. The number of ether oxygens (including phenoxy) is 3. The van der Waals surface area contributed by atoms with Crippen LogP contribution in [0.1, 0.15) is 45.5 Å². The summed E-state index contributed by atoms with van der Waals surface area (Å²) in [5, 5.41) is 3.01. The molecule has 1 fully saturated rings. The van der Waals surface area contributed by atoms with Crippen LogP contribution in [-0.2, 0) is 6.61 Å². The quantitative estimate of drug-likeness (QED) is 0.518. The molecule has 7 heteroatoms. The molecular weight excluding hydrogens is 412 g/mol. The fourth-order valence-electron chi connectivity index (χ4n) is 3.92. The molecule has 31 heavy (non-hydrogen) atoms. The van der Waals surface area contributed by atoms with E-state index in [4.69, 9.17) is 14.2 Å². The van der Waals surface area contributed by atoms with Crippen molar-refractivity contribution >= 4 is 17.2 Å². The summed E-state index contributed by atoms with van der Waals surface area (Å²) in [6, 6.07) is 13.0. The summed E-state index contributed by atoms with van der Waals surface area (Å²) >= 11 is 1.61. The second-order valence-corrected chi connectivity index (χ2v) is 8.50. The average molecular weight is 439 g/mol. The molecule has 6 nitrogen and oxygen atoms in total. The van der Waals surface area contributed by atoms with Crippen LogP contribution in [0.5, 0.6) is 17.2 Å². The third-order valence-electron chi connectivity index (χ3n) is 5.46. The summed E-state index contributed by atoms with van der Waals surface area (Å²) in [7, 11) is 3.29. The first kappa shape index (κ1) is 21.2. The van der Waals surface area contributed by atoms with Gasteiger partial charge in [-0.2, -0.15) is 0 Å². The van der Waals surface area contributed by atoms with Crippen LogP contribution in [0.4, 0.5) is 0 Å². The predicted molar refractivity (Wildman–Crippen MR) is 120 cm³/mol. The molecule has 0 aliphatic carbocycles. The van der Waals surface area contributed by atoms with Gasteiger partial charge in [-0.05, 0) is 62.2 Å². The van der Waals surface area contributed by atoms with Crippen molar-refractivity contribution in [3.8, 4) is 17.2 Å². The molecule has 3 aromatic rings. The number of nitrogens with zero attached hydrogens (tertiary/aromatic N) is 2. The van der Waals surface area contributed by atoms with Gasteiger partial charge in [0.05, 0.1) is 31.0 Å². The minimum Gasteiger partial charge on any atom is -0.497 e. The zero-order chi connectivity index (χ0) is 21.8. The van der Waals surface area contributed by atoms with Gasteiger partial charge in [0.15, 0.2) is 0 Å². The van der Waals surface area contributed by atoms with Crippen molar-refractivity contribution in [2.24, 2.45) is 0 Å². The van der Waals surface area contributed by atoms with Gasteiger partial charge in [0.25, 0.3) is 5.91 Å². The van der Waals surface area contributed by atoms with Crippen LogP contribution in [-0.4, -0.2) is 36.6 Å². The fourth-order valence-corrected chi connectivity index (χ4v) is 4.52. The Balaban J connectivity index is 1.48. The van der Waals surface area contributed by atoms with Gasteiger partial charge in [0.2, 0.25) is 0 Å². The Bertz CT molecular complexity index is 1050. The smallest absolute Gasteiger partial charge is 0.254 e. The lowest BCUT2D eigenvalue weighted by Gasteiger charge is -2.27. The molecule has 1 aromatic heterocycles. The summed E-state index contributed by atoms with van der Waals surface area (Å²) in [6.07, 6.45) is 1.84. The first-order valence-corrected chi connectivity index (χ1v) is 11.1. The largest absolute Gasteiger partial charge is 0.497 e. The third kappa shape index (κ3) is 4.66. The van der Waals surface area contributed by atoms with Gasteiger partial charge in [-0.25, -0.2) is 4.98 Å². The third-order valence-corrected chi connectivity index (χ3v) is 6.29. The number of methoxy groups -OCH3 is 2. The lowest BCUT2D eigenvalue weighted by molar-refractivity contribution is 0.0734. The molecule has 0 spiro atoms. The number of aromatic nitrogens is 1. The molecule has 162 valence electrons. The molecule has 1 amide bonds. The summed E-state index contributed by atoms with van der Waals surface area (Å²) in [5.74, 6) is 2.25. The van der Waals surface area contributed by atoms with Gasteiger partial charge in [0.1, 0.15) is 23.9 Å². The molecule has 2 aromatic carbocycles. The van der Waals surface area contributed by atoms with Crippen LogP contribution in [0.15, 0.2) is 47.8 Å². The number of amides is 1. The second-order valence-electron chi connectivity index (χ2n) is 7.44. The molecule has 1 saturated heterocycles. The molecule has 4 rings (SSSR count). The number of rotatable bonds is 7. The minimum atomic E-state index is -0.0404. The van der Waals surface area contributed by atoms with Gasteiger partial charge < -0.3 is 19.1 Å². The number of carbonyl (C=O) groups excluding carboxylic acids is 1. The summed E-state index contributed by atoms with van der Waals surface area (Å²) in [6.45, 7) is 3.11. The van der Waals surface area contributed by atoms with Crippen molar-refractivity contribution in [2.45, 2.75) is 32.4 Å². The van der Waals surface area contributed by atoms with E-state index in [1.165, 1.54) is 0 Å². The van der Waals surface area contributed by atoms with E-state index in [2.05, 4.69) is 4.98 Å². The fraction of sp³-hybridized carbons (Fsp3) is 0.333. The van der Waals surface area contributed by atoms with Crippen molar-refractivity contribution in [3.05, 3.63) is 69.7 Å². The maximum absolute atomic E-state index is 13.3. The van der Waals surface area contributed by atoms with E-state index in [1.54, 1.807) is 25.6 Å². The Hall–Kier alpha value is -3.06. The predicted octanol–water partition coefficient (Wildman–Crippen LogP) is 5.03. The van der Waals surface area contributed by atoms with Crippen LogP contribution in [0, 0.1) is 6.92 Å². The molecule has 1 aliphatic rings. The van der Waals surface area contributed by atoms with E-state index in [0.29, 0.717) is 18.7 Å². The van der Waals surface area contributed by atoms with Crippen LogP contribution in [0.3, 0.4) is 0 Å². The Morgan fingerprint density at radius 2 is 1.90 bits per heavy atom. The van der Waals surface area contributed by atoms with Crippen LogP contribution >= 0.6 is 11.3 Å². The molecule has 0 unspecified atom stereocenters. The Morgan fingerprint density at radius 1 is 1.13 bits per heavy atom. The minimum absolute atomic E-state index is 0.00838. The van der Waals surface area contributed by atoms with Gasteiger partial charge in [-0.15, -0.1) is 11.3 Å². The molecular formula is C24H26N2O4S. The van der Waals surface area contributed by atoms with Crippen LogP contribution in [0.2, 0.25) is 0 Å². The standard InChI is InChI=1S/C24H26N2O4S/c1-16-25-18(15-31-16)14-30-19-8-6-17(7-9-19)24(27)26-12-4-5-22(26)21-13-20(28-2)10-11-23(21)29-3/h6-11,13,15,22H,4-5,12,14H2,1-3H3/t22-/m0/s1. The SMILES string of the molecule is COc1ccc(OC)c([C@@H]2CCCN2C(=O)c2ccc(OCc3csc(C)n3)cc2)c1. The topological polar surface area (TPSA) is 60.9 Å². The van der Waals surface area contributed by atoms with Gasteiger partial charge in [-0.3, -0.25) is 4.79 Å². The number of carbonyl (C=O) groups is 1. The summed E-state index contributed by atoms with van der Waals surface area (Å²) in [5.41, 5.74) is 2.53. The highest BCUT2D eigenvalue weighted by atomic mass is 32.1. The molecule has 0 bridgehead atoms. The monoisotopic (exact) mass is 438 g/mol. The second kappa shape index (κ2) is 9.39. The number of aryl methyl sites for hydroxylation is 1. The Labute approximate surface area is 186 Å². The molecule has 2 heterocycles. The maximum Gasteiger partial charge on any atom is 0.254 e. The normalized spacial score (nSPS) is 15.7. The molecule has 1 aliphatic heterocycles. The van der Waals surface area contributed by atoms with Crippen LogP contribution in [0.25, 0.3) is 0 Å². The Morgan fingerprint density at radius 3 is 2.58 bits per heavy atom. The van der Waals surface area contributed by atoms with Gasteiger partial charge in [-0.1, -0.05) is 0 Å².